The fourth-order valence-corrected chi connectivity index (χ4v) is 4.19. The molecule has 0 bridgehead atoms. The van der Waals surface area contributed by atoms with Crippen molar-refractivity contribution in [1.82, 2.24) is 5.32 Å². The molecule has 0 saturated heterocycles. The van der Waals surface area contributed by atoms with Gasteiger partial charge < -0.3 is 14.8 Å². The number of rotatable bonds is 9. The fraction of sp³-hybridized carbons (Fsp3) is 0.381. The van der Waals surface area contributed by atoms with Crippen molar-refractivity contribution in [1.29, 1.82) is 0 Å². The molecule has 0 aliphatic carbocycles. The number of carbonyl (C=O) groups excluding carboxylic acids is 1. The Morgan fingerprint density at radius 3 is 2.31 bits per heavy atom. The molecule has 0 spiro atoms. The smallest absolute Gasteiger partial charge is 0.243 e. The highest BCUT2D eigenvalue weighted by molar-refractivity contribution is 7.92. The minimum Gasteiger partial charge on any atom is -0.497 e. The predicted octanol–water partition coefficient (Wildman–Crippen LogP) is 2.53. The van der Waals surface area contributed by atoms with Crippen molar-refractivity contribution in [2.75, 3.05) is 31.3 Å². The molecule has 0 aliphatic heterocycles. The second-order valence-corrected chi connectivity index (χ2v) is 8.66. The van der Waals surface area contributed by atoms with Crippen LogP contribution in [0.2, 0.25) is 0 Å². The van der Waals surface area contributed by atoms with E-state index in [1.807, 2.05) is 37.3 Å². The minimum atomic E-state index is -3.72. The van der Waals surface area contributed by atoms with E-state index in [1.54, 1.807) is 26.2 Å². The summed E-state index contributed by atoms with van der Waals surface area (Å²) in [5, 5.41) is 2.82. The Hall–Kier alpha value is -2.74. The van der Waals surface area contributed by atoms with Crippen LogP contribution in [0, 0.1) is 6.92 Å². The van der Waals surface area contributed by atoms with Gasteiger partial charge in [-0.25, -0.2) is 8.42 Å². The lowest BCUT2D eigenvalue weighted by Crippen LogP contribution is -2.48. The highest BCUT2D eigenvalue weighted by Gasteiger charge is 2.31. The van der Waals surface area contributed by atoms with E-state index in [0.29, 0.717) is 24.4 Å². The average molecular weight is 421 g/mol. The second-order valence-electron chi connectivity index (χ2n) is 6.80. The average Bonchev–Trinajstić information content (AvgIpc) is 2.67. The molecule has 1 amide bonds. The van der Waals surface area contributed by atoms with E-state index in [4.69, 9.17) is 9.47 Å². The van der Waals surface area contributed by atoms with E-state index in [2.05, 4.69) is 5.32 Å². The first kappa shape index (κ1) is 22.5. The van der Waals surface area contributed by atoms with Gasteiger partial charge in [-0.3, -0.25) is 9.10 Å². The number of benzene rings is 2. The third-order valence-electron chi connectivity index (χ3n) is 4.53. The first-order valence-corrected chi connectivity index (χ1v) is 11.1. The van der Waals surface area contributed by atoms with E-state index < -0.39 is 16.1 Å². The maximum atomic E-state index is 12.7. The zero-order valence-corrected chi connectivity index (χ0v) is 18.2. The molecule has 2 rings (SSSR count). The second kappa shape index (κ2) is 9.65. The molecule has 0 radical (unpaired) electrons. The molecule has 8 heteroatoms. The Bertz CT molecular complexity index is 942. The van der Waals surface area contributed by atoms with E-state index >= 15 is 0 Å². The van der Waals surface area contributed by atoms with Crippen LogP contribution in [0.4, 0.5) is 5.69 Å². The van der Waals surface area contributed by atoms with Crippen LogP contribution in [-0.2, 0) is 21.2 Å². The molecule has 0 aromatic heterocycles. The van der Waals surface area contributed by atoms with Crippen LogP contribution in [0.1, 0.15) is 18.1 Å². The van der Waals surface area contributed by atoms with Crippen molar-refractivity contribution in [3.63, 3.8) is 0 Å². The van der Waals surface area contributed by atoms with Gasteiger partial charge in [0.25, 0.3) is 0 Å². The van der Waals surface area contributed by atoms with E-state index in [1.165, 1.54) is 7.11 Å². The number of ether oxygens (including phenoxy) is 2. The van der Waals surface area contributed by atoms with Gasteiger partial charge >= 0.3 is 0 Å². The van der Waals surface area contributed by atoms with Gasteiger partial charge in [0.1, 0.15) is 17.5 Å². The number of anilines is 1. The minimum absolute atomic E-state index is 0.341. The summed E-state index contributed by atoms with van der Waals surface area (Å²) in [5.74, 6) is 0.772. The molecule has 158 valence electrons. The standard InChI is InChI=1S/C21H28N2O5S/c1-15-6-11-20(28-4)19(14-15)23(29(5,25)26)16(2)21(24)22-13-12-17-7-9-18(27-3)10-8-17/h6-11,14,16H,12-13H2,1-5H3,(H,22,24)/t16-/m1/s1. The van der Waals surface area contributed by atoms with E-state index in [-0.39, 0.29) is 5.91 Å². The van der Waals surface area contributed by atoms with E-state index in [0.717, 1.165) is 27.4 Å². The quantitative estimate of drug-likeness (QED) is 0.674. The molecule has 1 N–H and O–H groups in total. The summed E-state index contributed by atoms with van der Waals surface area (Å²) in [5.41, 5.74) is 2.24. The molecule has 0 aliphatic rings. The van der Waals surface area contributed by atoms with Crippen LogP contribution in [0.15, 0.2) is 42.5 Å². The summed E-state index contributed by atoms with van der Waals surface area (Å²) in [4.78, 5) is 12.7. The van der Waals surface area contributed by atoms with Gasteiger partial charge in [-0.1, -0.05) is 18.2 Å². The van der Waals surface area contributed by atoms with Crippen molar-refractivity contribution in [3.8, 4) is 11.5 Å². The van der Waals surface area contributed by atoms with Crippen molar-refractivity contribution in [3.05, 3.63) is 53.6 Å². The van der Waals surface area contributed by atoms with Crippen molar-refractivity contribution >= 4 is 21.6 Å². The number of nitrogens with one attached hydrogen (secondary N) is 1. The zero-order chi connectivity index (χ0) is 21.6. The SMILES string of the molecule is COc1ccc(CCNC(=O)[C@@H](C)N(c2cc(C)ccc2OC)S(C)(=O)=O)cc1. The third-order valence-corrected chi connectivity index (χ3v) is 5.76. The van der Waals surface area contributed by atoms with Gasteiger partial charge in [0, 0.05) is 6.54 Å². The van der Waals surface area contributed by atoms with Gasteiger partial charge in [0.05, 0.1) is 26.2 Å². The monoisotopic (exact) mass is 420 g/mol. The predicted molar refractivity (Wildman–Crippen MR) is 114 cm³/mol. The number of nitrogens with zero attached hydrogens (tertiary/aromatic N) is 1. The number of hydrogen-bond donors (Lipinski definition) is 1. The van der Waals surface area contributed by atoms with Crippen LogP contribution in [0.3, 0.4) is 0 Å². The summed E-state index contributed by atoms with van der Waals surface area (Å²) >= 11 is 0. The summed E-state index contributed by atoms with van der Waals surface area (Å²) < 4.78 is 36.5. The molecule has 2 aromatic rings. The lowest BCUT2D eigenvalue weighted by molar-refractivity contribution is -0.121. The number of amides is 1. The third kappa shape index (κ3) is 5.87. The van der Waals surface area contributed by atoms with Crippen molar-refractivity contribution < 1.29 is 22.7 Å². The van der Waals surface area contributed by atoms with Gasteiger partial charge in [-0.2, -0.15) is 0 Å². The first-order chi connectivity index (χ1) is 13.7. The molecule has 0 heterocycles. The van der Waals surface area contributed by atoms with Gasteiger partial charge in [-0.15, -0.1) is 0 Å². The lowest BCUT2D eigenvalue weighted by Gasteiger charge is -2.29. The summed E-state index contributed by atoms with van der Waals surface area (Å²) in [6.45, 7) is 3.80. The molecule has 0 fully saturated rings. The molecule has 0 saturated carbocycles. The van der Waals surface area contributed by atoms with Crippen LogP contribution in [0.25, 0.3) is 0 Å². The van der Waals surface area contributed by atoms with Crippen LogP contribution in [-0.4, -0.2) is 47.4 Å². The highest BCUT2D eigenvalue weighted by atomic mass is 32.2. The topological polar surface area (TPSA) is 84.9 Å². The van der Waals surface area contributed by atoms with Crippen LogP contribution < -0.4 is 19.1 Å². The Balaban J connectivity index is 2.14. The molecule has 2 aromatic carbocycles. The van der Waals surface area contributed by atoms with Crippen molar-refractivity contribution in [2.45, 2.75) is 26.3 Å². The summed E-state index contributed by atoms with van der Waals surface area (Å²) in [6.07, 6.45) is 1.70. The Kier molecular flexibility index (Phi) is 7.50. The molecular formula is C21H28N2O5S. The Morgan fingerprint density at radius 2 is 1.76 bits per heavy atom. The van der Waals surface area contributed by atoms with Crippen LogP contribution >= 0.6 is 0 Å². The lowest BCUT2D eigenvalue weighted by atomic mass is 10.1. The number of methoxy groups -OCH3 is 2. The maximum absolute atomic E-state index is 12.7. The number of sulfonamides is 1. The number of aryl methyl sites for hydroxylation is 1. The number of carbonyl (C=O) groups is 1. The Morgan fingerprint density at radius 1 is 1.10 bits per heavy atom. The molecule has 7 nitrogen and oxygen atoms in total. The van der Waals surface area contributed by atoms with Gasteiger partial charge in [0.2, 0.25) is 15.9 Å². The van der Waals surface area contributed by atoms with Crippen LogP contribution in [0.5, 0.6) is 11.5 Å². The highest BCUT2D eigenvalue weighted by Crippen LogP contribution is 2.32. The van der Waals surface area contributed by atoms with Crippen molar-refractivity contribution in [2.24, 2.45) is 0 Å². The normalized spacial score (nSPS) is 12.2. The van der Waals surface area contributed by atoms with E-state index in [9.17, 15) is 13.2 Å². The Labute approximate surface area is 172 Å². The molecule has 1 atom stereocenters. The summed E-state index contributed by atoms with van der Waals surface area (Å²) in [7, 11) is -0.647. The number of hydrogen-bond acceptors (Lipinski definition) is 5. The maximum Gasteiger partial charge on any atom is 0.243 e. The van der Waals surface area contributed by atoms with Gasteiger partial charge in [-0.05, 0) is 55.7 Å². The largest absolute Gasteiger partial charge is 0.497 e. The fourth-order valence-electron chi connectivity index (χ4n) is 3.02. The first-order valence-electron chi connectivity index (χ1n) is 9.22. The summed E-state index contributed by atoms with van der Waals surface area (Å²) in [6, 6.07) is 11.8. The molecule has 0 unspecified atom stereocenters. The molecule has 29 heavy (non-hydrogen) atoms. The van der Waals surface area contributed by atoms with Gasteiger partial charge in [0.15, 0.2) is 0 Å². The zero-order valence-electron chi connectivity index (χ0n) is 17.4. The molecular weight excluding hydrogens is 392 g/mol.